The second-order valence-corrected chi connectivity index (χ2v) is 7.75. The van der Waals surface area contributed by atoms with Crippen molar-refractivity contribution in [3.8, 4) is 35.1 Å². The maximum Gasteiger partial charge on any atom is 0.261 e. The number of hydrogen-bond donors (Lipinski definition) is 4. The number of nitrogens with zero attached hydrogens (tertiary/aromatic N) is 3. The number of anilines is 2. The molecule has 0 saturated heterocycles. The lowest BCUT2D eigenvalue weighted by molar-refractivity contribution is 0.312. The van der Waals surface area contributed by atoms with Crippen LogP contribution in [0.5, 0.6) is 11.5 Å². The van der Waals surface area contributed by atoms with Crippen molar-refractivity contribution in [3.05, 3.63) is 42.4 Å². The predicted molar refractivity (Wildman–Crippen MR) is 124 cm³/mol. The zero-order chi connectivity index (χ0) is 23.6. The van der Waals surface area contributed by atoms with E-state index in [-0.39, 0.29) is 5.48 Å². The van der Waals surface area contributed by atoms with Crippen molar-refractivity contribution in [2.75, 3.05) is 31.8 Å². The molecule has 0 atom stereocenters. The second kappa shape index (κ2) is 13.0. The largest absolute Gasteiger partial charge is 0.496 e. The van der Waals surface area contributed by atoms with Crippen LogP contribution in [0.25, 0.3) is 11.3 Å². The monoisotopic (exact) mass is 478 g/mol. The van der Waals surface area contributed by atoms with Crippen LogP contribution in [-0.4, -0.2) is 65.1 Å². The number of methoxy groups -OCH3 is 1. The van der Waals surface area contributed by atoms with E-state index in [0.29, 0.717) is 48.2 Å². The Hall–Kier alpha value is -3.70. The topological polar surface area (TPSA) is 197 Å². The van der Waals surface area contributed by atoms with Gasteiger partial charge in [0.25, 0.3) is 10.1 Å². The van der Waals surface area contributed by atoms with Crippen molar-refractivity contribution in [2.24, 2.45) is 5.73 Å². The van der Waals surface area contributed by atoms with E-state index in [1.807, 2.05) is 24.3 Å². The molecule has 0 fully saturated rings. The normalized spacial score (nSPS) is 10.2. The van der Waals surface area contributed by atoms with Crippen LogP contribution in [0.3, 0.4) is 0 Å². The van der Waals surface area contributed by atoms with Gasteiger partial charge in [-0.1, -0.05) is 6.07 Å². The zero-order valence-corrected chi connectivity index (χ0v) is 18.9. The molecule has 0 spiro atoms. The van der Waals surface area contributed by atoms with Gasteiger partial charge in [-0.25, -0.2) is 9.97 Å². The molecule has 0 aliphatic heterocycles. The van der Waals surface area contributed by atoms with Gasteiger partial charge in [-0.3, -0.25) is 9.65 Å². The smallest absolute Gasteiger partial charge is 0.261 e. The van der Waals surface area contributed by atoms with Crippen molar-refractivity contribution in [1.82, 2.24) is 20.2 Å². The molecule has 0 bridgehead atoms. The van der Waals surface area contributed by atoms with Crippen LogP contribution in [0.1, 0.15) is 12.1 Å². The number of nitrogens with one attached hydrogen (secondary N) is 2. The van der Waals surface area contributed by atoms with Gasteiger partial charge >= 0.3 is 0 Å². The molecular formula is C20H26N6O6S. The number of aromatic nitrogens is 4. The number of H-pyrrole nitrogens is 1. The summed E-state index contributed by atoms with van der Waals surface area (Å²) in [7, 11) is -2.05. The van der Waals surface area contributed by atoms with Crippen LogP contribution >= 0.6 is 0 Å². The fraction of sp³-hybridized carbons (Fsp3) is 0.250. The standard InChI is InChI=1S/C19H20N6O2.CH4O3S.H2O/c1-3-13-11-22-18(12-21-13)23-17-10-14(24-25-17)19-15(26-2)6-4-7-16(19)27-9-5-8-20;1-5(2,3)4;/h1,4,6-7,10-12H,5,8-9,20H2,2H3,(H2,22,23,24,25);1H3,(H,2,3,4);1H2. The Bertz CT molecular complexity index is 1150. The van der Waals surface area contributed by atoms with Crippen LogP contribution in [0.4, 0.5) is 11.6 Å². The third-order valence-electron chi connectivity index (χ3n) is 3.72. The number of rotatable bonds is 8. The lowest BCUT2D eigenvalue weighted by atomic mass is 10.1. The molecule has 3 rings (SSSR count). The Balaban J connectivity index is 0.000000821. The Morgan fingerprint density at radius 2 is 1.94 bits per heavy atom. The van der Waals surface area contributed by atoms with E-state index in [9.17, 15) is 8.42 Å². The highest BCUT2D eigenvalue weighted by Crippen LogP contribution is 2.38. The van der Waals surface area contributed by atoms with E-state index in [4.69, 9.17) is 26.2 Å². The molecule has 0 saturated carbocycles. The number of benzene rings is 1. The fourth-order valence-corrected chi connectivity index (χ4v) is 2.44. The maximum absolute atomic E-state index is 9.19. The minimum absolute atomic E-state index is 0. The van der Waals surface area contributed by atoms with Crippen LogP contribution in [0, 0.1) is 12.3 Å². The van der Waals surface area contributed by atoms with Crippen molar-refractivity contribution in [1.29, 1.82) is 0 Å². The molecule has 0 aliphatic carbocycles. The van der Waals surface area contributed by atoms with Crippen molar-refractivity contribution >= 4 is 21.8 Å². The van der Waals surface area contributed by atoms with Gasteiger partial charge in [-0.15, -0.1) is 6.42 Å². The van der Waals surface area contributed by atoms with Crippen LogP contribution in [0.15, 0.2) is 36.7 Å². The average molecular weight is 479 g/mol. The van der Waals surface area contributed by atoms with Gasteiger partial charge in [0.05, 0.1) is 43.6 Å². The molecule has 3 aromatic rings. The van der Waals surface area contributed by atoms with Gasteiger partial charge in [-0.05, 0) is 31.0 Å². The summed E-state index contributed by atoms with van der Waals surface area (Å²) in [6.07, 6.45) is 9.83. The number of ether oxygens (including phenoxy) is 2. The molecule has 0 amide bonds. The van der Waals surface area contributed by atoms with E-state index in [1.165, 1.54) is 6.20 Å². The third kappa shape index (κ3) is 9.13. The summed E-state index contributed by atoms with van der Waals surface area (Å²) >= 11 is 0. The van der Waals surface area contributed by atoms with E-state index in [1.54, 1.807) is 13.3 Å². The molecule has 7 N–H and O–H groups in total. The summed E-state index contributed by atoms with van der Waals surface area (Å²) in [5.41, 5.74) is 7.54. The van der Waals surface area contributed by atoms with E-state index in [0.717, 1.165) is 17.7 Å². The first-order chi connectivity index (χ1) is 15.2. The number of hydrogen-bond acceptors (Lipinski definition) is 9. The molecule has 1 aromatic carbocycles. The van der Waals surface area contributed by atoms with E-state index < -0.39 is 10.1 Å². The molecule has 0 unspecified atom stereocenters. The van der Waals surface area contributed by atoms with Gasteiger partial charge in [0.15, 0.2) is 5.82 Å². The number of aromatic amines is 1. The number of nitrogens with two attached hydrogens (primary N) is 1. The fourth-order valence-electron chi connectivity index (χ4n) is 2.44. The molecule has 0 aliphatic rings. The minimum atomic E-state index is -3.67. The van der Waals surface area contributed by atoms with Gasteiger partial charge in [0, 0.05) is 6.07 Å². The number of terminal acetylenes is 1. The molecule has 12 nitrogen and oxygen atoms in total. The van der Waals surface area contributed by atoms with Gasteiger partial charge in [0.2, 0.25) is 0 Å². The average Bonchev–Trinajstić information content (AvgIpc) is 3.21. The quantitative estimate of drug-likeness (QED) is 0.206. The first-order valence-electron chi connectivity index (χ1n) is 9.29. The molecule has 2 aromatic heterocycles. The van der Waals surface area contributed by atoms with Gasteiger partial charge < -0.3 is 26.0 Å². The van der Waals surface area contributed by atoms with Crippen LogP contribution < -0.4 is 20.5 Å². The highest BCUT2D eigenvalue weighted by Gasteiger charge is 2.16. The maximum atomic E-state index is 9.19. The molecule has 178 valence electrons. The summed E-state index contributed by atoms with van der Waals surface area (Å²) in [4.78, 5) is 8.29. The SMILES string of the molecule is C#Cc1cnc(Nc2cc(-c3c(OC)cccc3OCCCN)[nH]n2)cn1.CS(=O)(=O)O.O. The van der Waals surface area contributed by atoms with E-state index in [2.05, 4.69) is 31.4 Å². The Morgan fingerprint density at radius 3 is 2.52 bits per heavy atom. The summed E-state index contributed by atoms with van der Waals surface area (Å²) in [5, 5.41) is 10.3. The third-order valence-corrected chi connectivity index (χ3v) is 3.72. The highest BCUT2D eigenvalue weighted by atomic mass is 32.2. The second-order valence-electron chi connectivity index (χ2n) is 6.28. The van der Waals surface area contributed by atoms with Crippen LogP contribution in [0.2, 0.25) is 0 Å². The van der Waals surface area contributed by atoms with Gasteiger partial charge in [-0.2, -0.15) is 13.5 Å². The van der Waals surface area contributed by atoms with E-state index >= 15 is 0 Å². The van der Waals surface area contributed by atoms with Gasteiger partial charge in [0.1, 0.15) is 23.0 Å². The molecule has 0 radical (unpaired) electrons. The zero-order valence-electron chi connectivity index (χ0n) is 18.1. The van der Waals surface area contributed by atoms with Crippen LogP contribution in [-0.2, 0) is 10.1 Å². The van der Waals surface area contributed by atoms with Crippen molar-refractivity contribution in [2.45, 2.75) is 6.42 Å². The Morgan fingerprint density at radius 1 is 1.24 bits per heavy atom. The lowest BCUT2D eigenvalue weighted by Crippen LogP contribution is -2.07. The highest BCUT2D eigenvalue weighted by molar-refractivity contribution is 7.85. The summed E-state index contributed by atoms with van der Waals surface area (Å²) < 4.78 is 37.2. The first-order valence-corrected chi connectivity index (χ1v) is 11.1. The first kappa shape index (κ1) is 27.3. The lowest BCUT2D eigenvalue weighted by Gasteiger charge is -2.13. The Labute approximate surface area is 191 Å². The predicted octanol–water partition coefficient (Wildman–Crippen LogP) is 1.01. The molecule has 33 heavy (non-hydrogen) atoms. The molecular weight excluding hydrogens is 452 g/mol. The molecule has 2 heterocycles. The summed E-state index contributed by atoms with van der Waals surface area (Å²) in [6, 6.07) is 7.46. The summed E-state index contributed by atoms with van der Waals surface area (Å²) in [5.74, 6) is 4.90. The van der Waals surface area contributed by atoms with Crippen molar-refractivity contribution < 1.29 is 27.9 Å². The Kier molecular flexibility index (Phi) is 10.8. The molecule has 13 heteroatoms. The minimum Gasteiger partial charge on any atom is -0.496 e. The van der Waals surface area contributed by atoms with Crippen molar-refractivity contribution in [3.63, 3.8) is 0 Å². The summed E-state index contributed by atoms with van der Waals surface area (Å²) in [6.45, 7) is 1.09.